The van der Waals surface area contributed by atoms with Crippen molar-refractivity contribution in [3.8, 4) is 17.6 Å². The van der Waals surface area contributed by atoms with Gasteiger partial charge in [-0.3, -0.25) is 19.2 Å². The molecule has 0 aliphatic carbocycles. The van der Waals surface area contributed by atoms with Gasteiger partial charge in [0.05, 0.1) is 19.4 Å². The monoisotopic (exact) mass is 799 g/mol. The predicted octanol–water partition coefficient (Wildman–Crippen LogP) is 6.65. The SMILES string of the molecule is CC#CCOc1ccc(C[C@H](NC(=O)[C@@H](/C=C/CCCCCCC(=O)CCCCCCC)C(O)(CC(=O)O[C@@H](C)OC(C)=O)C(=O)OC(C)(C)C)C(=O)OC)cc1. The first-order valence-electron chi connectivity index (χ1n) is 20.0. The summed E-state index contributed by atoms with van der Waals surface area (Å²) in [5.41, 5.74) is -3.35. The minimum atomic E-state index is -2.83. The standard InChI is InChI=1S/C44H65NO12/c1-9-11-13-16-19-22-35(47)23-20-17-14-15-18-21-24-37(44(52,42(51)57-43(5,6)7)31-39(48)56-33(4)55-32(3)46)40(49)45-38(41(50)53-8)30-34-25-27-36(28-26-34)54-29-12-10-2/h21,24-28,33,37-38,52H,9,11,13-20,22-23,29-31H2,1-8H3,(H,45,49)/b24-21+/t33-,37+,38-,44?/m0/s1. The van der Waals surface area contributed by atoms with E-state index in [0.717, 1.165) is 59.0 Å². The van der Waals surface area contributed by atoms with Crippen LogP contribution in [0.3, 0.4) is 0 Å². The van der Waals surface area contributed by atoms with E-state index in [1.165, 1.54) is 19.4 Å². The number of hydrogen-bond acceptors (Lipinski definition) is 12. The fraction of sp³-hybridized carbons (Fsp3) is 0.636. The number of allylic oxidation sites excluding steroid dienone is 1. The highest BCUT2D eigenvalue weighted by Crippen LogP contribution is 2.30. The molecule has 1 amide bonds. The van der Waals surface area contributed by atoms with E-state index in [4.69, 9.17) is 23.7 Å². The van der Waals surface area contributed by atoms with Crippen LogP contribution in [-0.4, -0.2) is 77.9 Å². The van der Waals surface area contributed by atoms with Crippen LogP contribution in [0.4, 0.5) is 0 Å². The summed E-state index contributed by atoms with van der Waals surface area (Å²) in [4.78, 5) is 77.8. The van der Waals surface area contributed by atoms with Gasteiger partial charge in [0.2, 0.25) is 12.2 Å². The van der Waals surface area contributed by atoms with Crippen LogP contribution in [0.2, 0.25) is 0 Å². The highest BCUT2D eigenvalue weighted by molar-refractivity contribution is 5.96. The molecule has 0 aliphatic heterocycles. The Hall–Kier alpha value is -4.70. The maximum Gasteiger partial charge on any atom is 0.340 e. The van der Waals surface area contributed by atoms with E-state index in [2.05, 4.69) is 24.1 Å². The van der Waals surface area contributed by atoms with E-state index in [1.807, 2.05) is 0 Å². The van der Waals surface area contributed by atoms with Crippen molar-refractivity contribution in [2.24, 2.45) is 5.92 Å². The van der Waals surface area contributed by atoms with Gasteiger partial charge >= 0.3 is 23.9 Å². The second kappa shape index (κ2) is 27.0. The molecule has 0 aromatic heterocycles. The summed E-state index contributed by atoms with van der Waals surface area (Å²) in [6.07, 6.45) is 10.6. The van der Waals surface area contributed by atoms with Crippen LogP contribution >= 0.6 is 0 Å². The lowest BCUT2D eigenvalue weighted by molar-refractivity contribution is -0.197. The summed E-state index contributed by atoms with van der Waals surface area (Å²) < 4.78 is 26.1. The average molecular weight is 800 g/mol. The molecule has 318 valence electrons. The molecule has 13 heteroatoms. The van der Waals surface area contributed by atoms with Crippen molar-refractivity contribution in [3.05, 3.63) is 42.0 Å². The summed E-state index contributed by atoms with van der Waals surface area (Å²) in [7, 11) is 1.16. The number of methoxy groups -OCH3 is 1. The molecule has 0 bridgehead atoms. The summed E-state index contributed by atoms with van der Waals surface area (Å²) in [6.45, 7) is 11.1. The third-order valence-corrected chi connectivity index (χ3v) is 8.71. The lowest BCUT2D eigenvalue weighted by Crippen LogP contribution is -2.57. The van der Waals surface area contributed by atoms with Crippen LogP contribution in [0.5, 0.6) is 5.75 Å². The number of esters is 4. The van der Waals surface area contributed by atoms with Gasteiger partial charge < -0.3 is 34.1 Å². The van der Waals surface area contributed by atoms with Crippen LogP contribution in [0.1, 0.15) is 138 Å². The molecule has 2 N–H and O–H groups in total. The lowest BCUT2D eigenvalue weighted by atomic mass is 9.82. The van der Waals surface area contributed by atoms with E-state index in [1.54, 1.807) is 58.0 Å². The molecular formula is C44H65NO12. The number of carbonyl (C=O) groups is 6. The number of benzene rings is 1. The van der Waals surface area contributed by atoms with E-state index >= 15 is 0 Å². The van der Waals surface area contributed by atoms with Crippen molar-refractivity contribution < 1.29 is 57.6 Å². The quantitative estimate of drug-likeness (QED) is 0.0242. The number of ketones is 1. The van der Waals surface area contributed by atoms with Gasteiger partial charge in [0.1, 0.15) is 29.8 Å². The van der Waals surface area contributed by atoms with Crippen molar-refractivity contribution in [2.45, 2.75) is 162 Å². The van der Waals surface area contributed by atoms with Crippen LogP contribution in [0.25, 0.3) is 0 Å². The first-order chi connectivity index (χ1) is 26.9. The zero-order valence-electron chi connectivity index (χ0n) is 35.2. The molecule has 0 saturated heterocycles. The fourth-order valence-electron chi connectivity index (χ4n) is 5.81. The molecule has 0 saturated carbocycles. The lowest BCUT2D eigenvalue weighted by Gasteiger charge is -2.34. The van der Waals surface area contributed by atoms with Gasteiger partial charge in [-0.2, -0.15) is 0 Å². The number of unbranched alkanes of at least 4 members (excludes halogenated alkanes) is 8. The largest absolute Gasteiger partial charge is 0.481 e. The van der Waals surface area contributed by atoms with Crippen molar-refractivity contribution in [3.63, 3.8) is 0 Å². The molecule has 0 aliphatic rings. The highest BCUT2D eigenvalue weighted by Gasteiger charge is 2.51. The third-order valence-electron chi connectivity index (χ3n) is 8.71. The maximum atomic E-state index is 14.2. The normalized spacial score (nSPS) is 13.8. The van der Waals surface area contributed by atoms with E-state index in [-0.39, 0.29) is 18.8 Å². The first-order valence-corrected chi connectivity index (χ1v) is 20.0. The molecule has 0 heterocycles. The number of amides is 1. The Bertz CT molecular complexity index is 1520. The van der Waals surface area contributed by atoms with Crippen LogP contribution in [-0.2, 0) is 54.1 Å². The number of carbonyl (C=O) groups excluding carboxylic acids is 6. The van der Waals surface area contributed by atoms with E-state index in [9.17, 15) is 33.9 Å². The van der Waals surface area contributed by atoms with Crippen molar-refractivity contribution in [1.82, 2.24) is 5.32 Å². The van der Waals surface area contributed by atoms with Crippen LogP contribution < -0.4 is 10.1 Å². The summed E-state index contributed by atoms with van der Waals surface area (Å²) >= 11 is 0. The molecular weight excluding hydrogens is 734 g/mol. The molecule has 4 atom stereocenters. The Morgan fingerprint density at radius 3 is 2.07 bits per heavy atom. The molecule has 13 nitrogen and oxygen atoms in total. The number of rotatable bonds is 27. The highest BCUT2D eigenvalue weighted by atomic mass is 16.7. The van der Waals surface area contributed by atoms with E-state index in [0.29, 0.717) is 37.0 Å². The number of aliphatic hydroxyl groups is 1. The van der Waals surface area contributed by atoms with Gasteiger partial charge in [-0.05, 0) is 71.1 Å². The predicted molar refractivity (Wildman–Crippen MR) is 214 cm³/mol. The van der Waals surface area contributed by atoms with Gasteiger partial charge in [0.25, 0.3) is 0 Å². The zero-order valence-corrected chi connectivity index (χ0v) is 35.2. The Balaban J connectivity index is 3.32. The summed E-state index contributed by atoms with van der Waals surface area (Å²) in [5.74, 6) is -0.341. The molecule has 0 spiro atoms. The smallest absolute Gasteiger partial charge is 0.340 e. The van der Waals surface area contributed by atoms with Gasteiger partial charge in [-0.25, -0.2) is 9.59 Å². The van der Waals surface area contributed by atoms with Crippen molar-refractivity contribution >= 4 is 35.6 Å². The number of ether oxygens (including phenoxy) is 5. The number of hydrogen-bond donors (Lipinski definition) is 2. The van der Waals surface area contributed by atoms with Gasteiger partial charge in [-0.15, -0.1) is 5.92 Å². The van der Waals surface area contributed by atoms with Gasteiger partial charge in [0, 0.05) is 33.1 Å². The minimum absolute atomic E-state index is 0.0297. The van der Waals surface area contributed by atoms with Crippen LogP contribution in [0.15, 0.2) is 36.4 Å². The van der Waals surface area contributed by atoms with Crippen molar-refractivity contribution in [1.29, 1.82) is 0 Å². The molecule has 0 fully saturated rings. The first kappa shape index (κ1) is 50.3. The second-order valence-corrected chi connectivity index (χ2v) is 15.0. The average Bonchev–Trinajstić information content (AvgIpc) is 3.12. The van der Waals surface area contributed by atoms with Gasteiger partial charge in [-0.1, -0.05) is 75.7 Å². The van der Waals surface area contributed by atoms with E-state index < -0.39 is 65.7 Å². The Kier molecular flexibility index (Phi) is 23.9. The molecule has 1 unspecified atom stereocenters. The zero-order chi connectivity index (χ0) is 42.9. The summed E-state index contributed by atoms with van der Waals surface area (Å²) in [6, 6.07) is 5.51. The molecule has 1 aromatic carbocycles. The van der Waals surface area contributed by atoms with Gasteiger partial charge in [0.15, 0.2) is 5.60 Å². The molecule has 1 rings (SSSR count). The second-order valence-electron chi connectivity index (χ2n) is 15.0. The molecule has 1 aromatic rings. The Labute approximate surface area is 338 Å². The van der Waals surface area contributed by atoms with Crippen LogP contribution in [0, 0.1) is 17.8 Å². The minimum Gasteiger partial charge on any atom is -0.481 e. The number of Topliss-reactive ketones (excluding diaryl/α,β-unsaturated/α-hetero) is 1. The maximum absolute atomic E-state index is 14.2. The number of nitrogens with one attached hydrogen (secondary N) is 1. The Morgan fingerprint density at radius 1 is 0.895 bits per heavy atom. The molecule has 0 radical (unpaired) electrons. The fourth-order valence-corrected chi connectivity index (χ4v) is 5.81. The Morgan fingerprint density at radius 2 is 1.51 bits per heavy atom. The third kappa shape index (κ3) is 21.4. The van der Waals surface area contributed by atoms with Crippen molar-refractivity contribution in [2.75, 3.05) is 13.7 Å². The summed E-state index contributed by atoms with van der Waals surface area (Å²) in [5, 5.41) is 14.7. The molecule has 57 heavy (non-hydrogen) atoms. The topological polar surface area (TPSA) is 181 Å².